The number of hydrogen-bond donors (Lipinski definition) is 2. The van der Waals surface area contributed by atoms with Crippen LogP contribution < -0.4 is 10.6 Å². The van der Waals surface area contributed by atoms with E-state index in [-0.39, 0.29) is 11.5 Å². The van der Waals surface area contributed by atoms with Gasteiger partial charge in [-0.2, -0.15) is 5.26 Å². The lowest BCUT2D eigenvalue weighted by Crippen LogP contribution is -2.46. The normalized spacial score (nSPS) is 15.5. The number of para-hydroxylation sites is 1. The Bertz CT molecular complexity index is 595. The van der Waals surface area contributed by atoms with E-state index in [2.05, 4.69) is 24.5 Å². The summed E-state index contributed by atoms with van der Waals surface area (Å²) in [4.78, 5) is 14.0. The van der Waals surface area contributed by atoms with E-state index in [0.29, 0.717) is 19.0 Å². The van der Waals surface area contributed by atoms with Crippen LogP contribution in [0, 0.1) is 11.3 Å². The third-order valence-corrected chi connectivity index (χ3v) is 3.71. The summed E-state index contributed by atoms with van der Waals surface area (Å²) < 4.78 is 0. The first-order valence-corrected chi connectivity index (χ1v) is 7.59. The van der Waals surface area contributed by atoms with Gasteiger partial charge in [-0.25, -0.2) is 0 Å². The number of carbonyl (C=O) groups excluding carboxylic acids is 1. The molecular weight excluding hydrogens is 276 g/mol. The van der Waals surface area contributed by atoms with Crippen LogP contribution in [0.1, 0.15) is 25.3 Å². The molecule has 1 aromatic rings. The number of hydrogen-bond acceptors (Lipinski definition) is 4. The van der Waals surface area contributed by atoms with Crippen molar-refractivity contribution >= 4 is 11.6 Å². The minimum absolute atomic E-state index is 0.139. The highest BCUT2D eigenvalue weighted by Crippen LogP contribution is 2.23. The molecule has 0 aromatic heterocycles. The Morgan fingerprint density at radius 2 is 2.05 bits per heavy atom. The molecule has 1 aromatic carbocycles. The van der Waals surface area contributed by atoms with E-state index in [0.717, 1.165) is 24.3 Å². The Balaban J connectivity index is 2.13. The molecule has 0 spiro atoms. The number of anilines is 1. The van der Waals surface area contributed by atoms with Crippen molar-refractivity contribution in [2.24, 2.45) is 0 Å². The van der Waals surface area contributed by atoms with Gasteiger partial charge in [-0.3, -0.25) is 4.79 Å². The average Bonchev–Trinajstić information content (AvgIpc) is 2.56. The van der Waals surface area contributed by atoms with E-state index in [1.807, 2.05) is 30.3 Å². The first-order valence-electron chi connectivity index (χ1n) is 7.59. The molecule has 1 aliphatic heterocycles. The highest BCUT2D eigenvalue weighted by molar-refractivity contribution is 5.97. The van der Waals surface area contributed by atoms with Crippen LogP contribution in [0.2, 0.25) is 0 Å². The van der Waals surface area contributed by atoms with Crippen molar-refractivity contribution in [2.75, 3.05) is 31.5 Å². The zero-order valence-electron chi connectivity index (χ0n) is 13.1. The number of nitrogens with one attached hydrogen (secondary N) is 2. The van der Waals surface area contributed by atoms with Gasteiger partial charge in [-0.1, -0.05) is 32.0 Å². The van der Waals surface area contributed by atoms with E-state index in [9.17, 15) is 10.1 Å². The molecule has 116 valence electrons. The lowest BCUT2D eigenvalue weighted by molar-refractivity contribution is -0.127. The van der Waals surface area contributed by atoms with Crippen LogP contribution in [0.25, 0.3) is 0 Å². The molecule has 0 atom stereocenters. The fraction of sp³-hybridized carbons (Fsp3) is 0.412. The van der Waals surface area contributed by atoms with Gasteiger partial charge in [-0.05, 0) is 17.5 Å². The molecule has 0 bridgehead atoms. The van der Waals surface area contributed by atoms with E-state index >= 15 is 0 Å². The van der Waals surface area contributed by atoms with Crippen molar-refractivity contribution in [3.05, 3.63) is 41.6 Å². The third-order valence-electron chi connectivity index (χ3n) is 3.71. The smallest absolute Gasteiger partial charge is 0.266 e. The van der Waals surface area contributed by atoms with Gasteiger partial charge in [0.1, 0.15) is 11.6 Å². The van der Waals surface area contributed by atoms with Gasteiger partial charge in [0.2, 0.25) is 0 Å². The van der Waals surface area contributed by atoms with Gasteiger partial charge in [0, 0.05) is 38.1 Å². The van der Waals surface area contributed by atoms with Crippen LogP contribution in [-0.2, 0) is 4.79 Å². The van der Waals surface area contributed by atoms with Crippen molar-refractivity contribution in [3.8, 4) is 6.07 Å². The molecule has 1 saturated heterocycles. The molecule has 1 fully saturated rings. The van der Waals surface area contributed by atoms with Gasteiger partial charge in [0.15, 0.2) is 0 Å². The second kappa shape index (κ2) is 7.62. The summed E-state index contributed by atoms with van der Waals surface area (Å²) in [5.74, 6) is 0.157. The average molecular weight is 298 g/mol. The summed E-state index contributed by atoms with van der Waals surface area (Å²) in [5, 5.41) is 15.6. The van der Waals surface area contributed by atoms with E-state index in [1.54, 1.807) is 4.90 Å². The standard InChI is InChI=1S/C17H22N4O/c1-13(2)15-5-3-4-6-16(15)20-12-14(11-18)17(22)21-9-7-19-8-10-21/h3-6,12-13,19-20H,7-10H2,1-2H3/b14-12-. The van der Waals surface area contributed by atoms with Crippen molar-refractivity contribution in [2.45, 2.75) is 19.8 Å². The fourth-order valence-electron chi connectivity index (χ4n) is 2.46. The third kappa shape index (κ3) is 3.86. The minimum Gasteiger partial charge on any atom is -0.360 e. The number of nitriles is 1. The number of nitrogens with zero attached hydrogens (tertiary/aromatic N) is 2. The summed E-state index contributed by atoms with van der Waals surface area (Å²) in [5.41, 5.74) is 2.23. The van der Waals surface area contributed by atoms with Crippen molar-refractivity contribution in [1.29, 1.82) is 5.26 Å². The Morgan fingerprint density at radius 1 is 1.36 bits per heavy atom. The molecule has 0 saturated carbocycles. The molecule has 0 unspecified atom stereocenters. The second-order valence-electron chi connectivity index (χ2n) is 5.60. The predicted molar refractivity (Wildman–Crippen MR) is 87.3 cm³/mol. The van der Waals surface area contributed by atoms with Crippen molar-refractivity contribution < 1.29 is 4.79 Å². The molecule has 1 amide bonds. The molecular formula is C17H22N4O. The Kier molecular flexibility index (Phi) is 5.56. The summed E-state index contributed by atoms with van der Waals surface area (Å²) in [6.45, 7) is 7.05. The highest BCUT2D eigenvalue weighted by atomic mass is 16.2. The van der Waals surface area contributed by atoms with Gasteiger partial charge < -0.3 is 15.5 Å². The molecule has 1 aliphatic rings. The topological polar surface area (TPSA) is 68.2 Å². The lowest BCUT2D eigenvalue weighted by Gasteiger charge is -2.27. The largest absolute Gasteiger partial charge is 0.360 e. The second-order valence-corrected chi connectivity index (χ2v) is 5.60. The van der Waals surface area contributed by atoms with Crippen LogP contribution in [-0.4, -0.2) is 37.0 Å². The molecule has 0 radical (unpaired) electrons. The summed E-state index contributed by atoms with van der Waals surface area (Å²) in [7, 11) is 0. The highest BCUT2D eigenvalue weighted by Gasteiger charge is 2.20. The maximum absolute atomic E-state index is 12.3. The summed E-state index contributed by atoms with van der Waals surface area (Å²) >= 11 is 0. The molecule has 0 aliphatic carbocycles. The minimum atomic E-state index is -0.210. The molecule has 5 heteroatoms. The maximum atomic E-state index is 12.3. The van der Waals surface area contributed by atoms with Gasteiger partial charge in [0.05, 0.1) is 0 Å². The fourth-order valence-corrected chi connectivity index (χ4v) is 2.46. The molecule has 5 nitrogen and oxygen atoms in total. The molecule has 22 heavy (non-hydrogen) atoms. The van der Waals surface area contributed by atoms with Crippen molar-refractivity contribution in [3.63, 3.8) is 0 Å². The van der Waals surface area contributed by atoms with Crippen LogP contribution in [0.5, 0.6) is 0 Å². The molecule has 2 N–H and O–H groups in total. The zero-order chi connectivity index (χ0) is 15.9. The summed E-state index contributed by atoms with van der Waals surface area (Å²) in [6.07, 6.45) is 1.52. The number of carbonyl (C=O) groups is 1. The molecule has 1 heterocycles. The Labute approximate surface area is 131 Å². The van der Waals surface area contributed by atoms with Crippen LogP contribution in [0.4, 0.5) is 5.69 Å². The number of rotatable bonds is 4. The quantitative estimate of drug-likeness (QED) is 0.659. The lowest BCUT2D eigenvalue weighted by atomic mass is 10.0. The monoisotopic (exact) mass is 298 g/mol. The van der Waals surface area contributed by atoms with Gasteiger partial charge >= 0.3 is 0 Å². The number of amides is 1. The Hall–Kier alpha value is -2.32. The molecule has 2 rings (SSSR count). The van der Waals surface area contributed by atoms with Crippen molar-refractivity contribution in [1.82, 2.24) is 10.2 Å². The van der Waals surface area contributed by atoms with Crippen LogP contribution >= 0.6 is 0 Å². The Morgan fingerprint density at radius 3 is 2.68 bits per heavy atom. The van der Waals surface area contributed by atoms with Crippen LogP contribution in [0.15, 0.2) is 36.0 Å². The number of benzene rings is 1. The van der Waals surface area contributed by atoms with E-state index in [4.69, 9.17) is 0 Å². The first kappa shape index (κ1) is 16.1. The number of piperazine rings is 1. The van der Waals surface area contributed by atoms with Gasteiger partial charge in [-0.15, -0.1) is 0 Å². The SMILES string of the molecule is CC(C)c1ccccc1N/C=C(/C#N)C(=O)N1CCNCC1. The van der Waals surface area contributed by atoms with E-state index < -0.39 is 0 Å². The zero-order valence-corrected chi connectivity index (χ0v) is 13.1. The van der Waals surface area contributed by atoms with E-state index in [1.165, 1.54) is 6.20 Å². The summed E-state index contributed by atoms with van der Waals surface area (Å²) in [6, 6.07) is 9.93. The van der Waals surface area contributed by atoms with Crippen LogP contribution in [0.3, 0.4) is 0 Å². The maximum Gasteiger partial charge on any atom is 0.266 e. The van der Waals surface area contributed by atoms with Gasteiger partial charge in [0.25, 0.3) is 5.91 Å². The first-order chi connectivity index (χ1) is 10.6. The predicted octanol–water partition coefficient (Wildman–Crippen LogP) is 2.06.